The van der Waals surface area contributed by atoms with Crippen LogP contribution in [0.5, 0.6) is 0 Å². The number of thioether (sulfide) groups is 1. The SMILES string of the molecule is CC1(CNS(=O)(=O)CCCCO)CCCS1. The molecule has 1 heterocycles. The van der Waals surface area contributed by atoms with Crippen molar-refractivity contribution in [2.24, 2.45) is 0 Å². The Morgan fingerprint density at radius 3 is 2.75 bits per heavy atom. The molecular weight excluding hydrogens is 246 g/mol. The Morgan fingerprint density at radius 1 is 1.44 bits per heavy atom. The highest BCUT2D eigenvalue weighted by Gasteiger charge is 2.30. The van der Waals surface area contributed by atoms with Crippen molar-refractivity contribution in [3.8, 4) is 0 Å². The number of aliphatic hydroxyl groups is 1. The molecule has 0 aliphatic carbocycles. The quantitative estimate of drug-likeness (QED) is 0.674. The van der Waals surface area contributed by atoms with E-state index in [1.165, 1.54) is 6.42 Å². The molecule has 1 aliphatic rings. The predicted molar refractivity (Wildman–Crippen MR) is 68.2 cm³/mol. The van der Waals surface area contributed by atoms with Crippen molar-refractivity contribution in [1.82, 2.24) is 4.72 Å². The van der Waals surface area contributed by atoms with E-state index in [0.29, 0.717) is 19.4 Å². The van der Waals surface area contributed by atoms with Gasteiger partial charge in [0.2, 0.25) is 10.0 Å². The van der Waals surface area contributed by atoms with E-state index in [-0.39, 0.29) is 17.1 Å². The summed E-state index contributed by atoms with van der Waals surface area (Å²) >= 11 is 1.85. The van der Waals surface area contributed by atoms with Gasteiger partial charge in [0.1, 0.15) is 0 Å². The number of unbranched alkanes of at least 4 members (excludes halogenated alkanes) is 1. The molecule has 6 heteroatoms. The van der Waals surface area contributed by atoms with Crippen LogP contribution in [0.1, 0.15) is 32.6 Å². The molecule has 0 spiro atoms. The molecule has 0 saturated carbocycles. The van der Waals surface area contributed by atoms with Gasteiger partial charge in [0, 0.05) is 17.9 Å². The third-order valence-corrected chi connectivity index (χ3v) is 5.74. The molecule has 1 aliphatic heterocycles. The van der Waals surface area contributed by atoms with Gasteiger partial charge in [-0.05, 0) is 38.4 Å². The second-order valence-electron chi connectivity index (χ2n) is 4.47. The van der Waals surface area contributed by atoms with Crippen LogP contribution in [0.2, 0.25) is 0 Å². The van der Waals surface area contributed by atoms with Gasteiger partial charge in [0.15, 0.2) is 0 Å². The molecular formula is C10H21NO3S2. The van der Waals surface area contributed by atoms with Gasteiger partial charge >= 0.3 is 0 Å². The van der Waals surface area contributed by atoms with Crippen LogP contribution < -0.4 is 4.72 Å². The summed E-state index contributed by atoms with van der Waals surface area (Å²) in [6.07, 6.45) is 3.33. The van der Waals surface area contributed by atoms with E-state index in [0.717, 1.165) is 12.2 Å². The van der Waals surface area contributed by atoms with E-state index in [1.807, 2.05) is 11.8 Å². The molecule has 1 atom stereocenters. The van der Waals surface area contributed by atoms with Crippen molar-refractivity contribution in [1.29, 1.82) is 0 Å². The molecule has 0 aromatic rings. The lowest BCUT2D eigenvalue weighted by molar-refractivity contribution is 0.287. The highest BCUT2D eigenvalue weighted by atomic mass is 32.2. The van der Waals surface area contributed by atoms with Gasteiger partial charge in [0.25, 0.3) is 0 Å². The molecule has 0 amide bonds. The zero-order chi connectivity index (χ0) is 12.1. The first kappa shape index (κ1) is 14.3. The summed E-state index contributed by atoms with van der Waals surface area (Å²) in [6, 6.07) is 0. The Kier molecular flexibility index (Phi) is 5.56. The topological polar surface area (TPSA) is 66.4 Å². The third-order valence-electron chi connectivity index (χ3n) is 2.79. The van der Waals surface area contributed by atoms with Crippen LogP contribution in [0.3, 0.4) is 0 Å². The summed E-state index contributed by atoms with van der Waals surface area (Å²) in [5, 5.41) is 8.59. The zero-order valence-electron chi connectivity index (χ0n) is 9.74. The highest BCUT2D eigenvalue weighted by Crippen LogP contribution is 2.37. The minimum atomic E-state index is -3.15. The number of rotatable bonds is 7. The Hall–Kier alpha value is 0.220. The molecule has 1 fully saturated rings. The Morgan fingerprint density at radius 2 is 2.19 bits per heavy atom. The molecule has 2 N–H and O–H groups in total. The first-order valence-electron chi connectivity index (χ1n) is 5.70. The number of nitrogens with one attached hydrogen (secondary N) is 1. The Balaban J connectivity index is 2.30. The van der Waals surface area contributed by atoms with Gasteiger partial charge in [-0.1, -0.05) is 0 Å². The fourth-order valence-corrected chi connectivity index (χ4v) is 4.32. The van der Waals surface area contributed by atoms with E-state index in [9.17, 15) is 8.42 Å². The molecule has 0 radical (unpaired) electrons. The maximum atomic E-state index is 11.6. The van der Waals surface area contributed by atoms with Crippen molar-refractivity contribution in [3.05, 3.63) is 0 Å². The summed E-state index contributed by atoms with van der Waals surface area (Å²) in [6.45, 7) is 2.70. The van der Waals surface area contributed by atoms with Crippen LogP contribution in [-0.2, 0) is 10.0 Å². The van der Waals surface area contributed by atoms with Gasteiger partial charge in [-0.3, -0.25) is 0 Å². The molecule has 96 valence electrons. The Labute approximate surface area is 102 Å². The molecule has 1 rings (SSSR count). The van der Waals surface area contributed by atoms with Gasteiger partial charge in [-0.25, -0.2) is 13.1 Å². The van der Waals surface area contributed by atoms with Crippen molar-refractivity contribution in [2.45, 2.75) is 37.4 Å². The number of aliphatic hydroxyl groups excluding tert-OH is 1. The first-order valence-corrected chi connectivity index (χ1v) is 8.33. The maximum absolute atomic E-state index is 11.6. The van der Waals surface area contributed by atoms with Gasteiger partial charge in [-0.15, -0.1) is 0 Å². The lowest BCUT2D eigenvalue weighted by Crippen LogP contribution is -2.37. The number of sulfonamides is 1. The molecule has 0 bridgehead atoms. The summed E-state index contributed by atoms with van der Waals surface area (Å²) in [5.74, 6) is 1.25. The van der Waals surface area contributed by atoms with Crippen LogP contribution >= 0.6 is 11.8 Å². The van der Waals surface area contributed by atoms with E-state index in [4.69, 9.17) is 5.11 Å². The van der Waals surface area contributed by atoms with E-state index in [2.05, 4.69) is 11.6 Å². The van der Waals surface area contributed by atoms with Crippen LogP contribution in [0.25, 0.3) is 0 Å². The largest absolute Gasteiger partial charge is 0.396 e. The van der Waals surface area contributed by atoms with E-state index >= 15 is 0 Å². The van der Waals surface area contributed by atoms with Gasteiger partial charge < -0.3 is 5.11 Å². The standard InChI is InChI=1S/C10H21NO3S2/c1-10(5-4-7-15-10)9-11-16(13,14)8-3-2-6-12/h11-12H,2-9H2,1H3. The maximum Gasteiger partial charge on any atom is 0.211 e. The van der Waals surface area contributed by atoms with Crippen molar-refractivity contribution < 1.29 is 13.5 Å². The normalized spacial score (nSPS) is 26.1. The third kappa shape index (κ3) is 5.03. The zero-order valence-corrected chi connectivity index (χ0v) is 11.4. The number of hydrogen-bond donors (Lipinski definition) is 2. The van der Waals surface area contributed by atoms with Gasteiger partial charge in [0.05, 0.1) is 5.75 Å². The minimum absolute atomic E-state index is 0.0586. The van der Waals surface area contributed by atoms with Crippen molar-refractivity contribution >= 4 is 21.8 Å². The molecule has 1 unspecified atom stereocenters. The van der Waals surface area contributed by atoms with E-state index in [1.54, 1.807) is 0 Å². The van der Waals surface area contributed by atoms with Crippen LogP contribution in [0.15, 0.2) is 0 Å². The monoisotopic (exact) mass is 267 g/mol. The molecule has 0 aromatic heterocycles. The van der Waals surface area contributed by atoms with E-state index < -0.39 is 10.0 Å². The highest BCUT2D eigenvalue weighted by molar-refractivity contribution is 8.01. The Bertz CT molecular complexity index is 297. The van der Waals surface area contributed by atoms with Crippen molar-refractivity contribution in [3.63, 3.8) is 0 Å². The number of hydrogen-bond acceptors (Lipinski definition) is 4. The second kappa shape index (κ2) is 6.23. The summed E-state index contributed by atoms with van der Waals surface area (Å²) in [7, 11) is -3.15. The summed E-state index contributed by atoms with van der Waals surface area (Å²) in [4.78, 5) is 0. The molecule has 16 heavy (non-hydrogen) atoms. The van der Waals surface area contributed by atoms with Crippen LogP contribution in [-0.4, -0.2) is 42.9 Å². The average Bonchev–Trinajstić information content (AvgIpc) is 2.64. The fourth-order valence-electron chi connectivity index (χ4n) is 1.71. The van der Waals surface area contributed by atoms with Gasteiger partial charge in [-0.2, -0.15) is 11.8 Å². The lowest BCUT2D eigenvalue weighted by atomic mass is 10.1. The fraction of sp³-hybridized carbons (Fsp3) is 1.00. The second-order valence-corrected chi connectivity index (χ2v) is 8.08. The van der Waals surface area contributed by atoms with Crippen molar-refractivity contribution in [2.75, 3.05) is 24.7 Å². The molecule has 4 nitrogen and oxygen atoms in total. The minimum Gasteiger partial charge on any atom is -0.396 e. The smallest absolute Gasteiger partial charge is 0.211 e. The molecule has 1 saturated heterocycles. The first-order chi connectivity index (χ1) is 7.47. The summed E-state index contributed by atoms with van der Waals surface area (Å²) in [5.41, 5.74) is 0. The van der Waals surface area contributed by atoms with Crippen LogP contribution in [0, 0.1) is 0 Å². The van der Waals surface area contributed by atoms with Crippen LogP contribution in [0.4, 0.5) is 0 Å². The predicted octanol–water partition coefficient (Wildman–Crippen LogP) is 0.964. The lowest BCUT2D eigenvalue weighted by Gasteiger charge is -2.22. The average molecular weight is 267 g/mol. The summed E-state index contributed by atoms with van der Waals surface area (Å²) < 4.78 is 25.9. The molecule has 0 aromatic carbocycles.